The molecule has 148 valence electrons. The van der Waals surface area contributed by atoms with Crippen molar-refractivity contribution in [3.63, 3.8) is 0 Å². The highest BCUT2D eigenvalue weighted by molar-refractivity contribution is 6.30. The van der Waals surface area contributed by atoms with Crippen molar-refractivity contribution >= 4 is 29.2 Å². The summed E-state index contributed by atoms with van der Waals surface area (Å²) >= 11 is 5.95. The number of halogens is 1. The molecule has 1 atom stereocenters. The van der Waals surface area contributed by atoms with Gasteiger partial charge in [0, 0.05) is 57.1 Å². The zero-order valence-electron chi connectivity index (χ0n) is 15.8. The number of carbonyl (C=O) groups is 1. The fourth-order valence-corrected chi connectivity index (χ4v) is 3.50. The summed E-state index contributed by atoms with van der Waals surface area (Å²) in [6.07, 6.45) is 2.42. The molecule has 0 saturated carbocycles. The molecule has 0 bridgehead atoms. The predicted molar refractivity (Wildman–Crippen MR) is 109 cm³/mol. The third kappa shape index (κ3) is 5.74. The topological polar surface area (TPSA) is 69.2 Å². The molecule has 2 heterocycles. The second kappa shape index (κ2) is 9.80. The first-order valence-electron chi connectivity index (χ1n) is 9.50. The quantitative estimate of drug-likeness (QED) is 0.583. The molecule has 2 aliphatic rings. The molecule has 8 heteroatoms. The van der Waals surface area contributed by atoms with Gasteiger partial charge in [0.1, 0.15) is 0 Å². The van der Waals surface area contributed by atoms with E-state index < -0.39 is 0 Å². The molecular weight excluding hydrogens is 366 g/mol. The Hall–Kier alpha value is -1.99. The number of amides is 1. The Kier molecular flexibility index (Phi) is 7.18. The van der Waals surface area contributed by atoms with Crippen LogP contribution in [0.5, 0.6) is 0 Å². The van der Waals surface area contributed by atoms with E-state index in [1.807, 2.05) is 29.2 Å². The van der Waals surface area contributed by atoms with E-state index in [1.54, 1.807) is 7.05 Å². The first-order chi connectivity index (χ1) is 13.2. The van der Waals surface area contributed by atoms with Crippen LogP contribution in [-0.2, 0) is 9.53 Å². The van der Waals surface area contributed by atoms with Gasteiger partial charge in [-0.05, 0) is 37.1 Å². The van der Waals surface area contributed by atoms with E-state index in [0.717, 1.165) is 43.2 Å². The van der Waals surface area contributed by atoms with Crippen LogP contribution in [0.25, 0.3) is 0 Å². The second-order valence-electron chi connectivity index (χ2n) is 6.79. The fourth-order valence-electron chi connectivity index (χ4n) is 3.37. The Morgan fingerprint density at radius 3 is 2.59 bits per heavy atom. The predicted octanol–water partition coefficient (Wildman–Crippen LogP) is 1.33. The molecule has 0 spiro atoms. The molecule has 7 nitrogen and oxygen atoms in total. The van der Waals surface area contributed by atoms with E-state index >= 15 is 0 Å². The number of hydrogen-bond acceptors (Lipinski definition) is 4. The first-order valence-corrected chi connectivity index (χ1v) is 9.88. The molecule has 1 aromatic carbocycles. The van der Waals surface area contributed by atoms with Gasteiger partial charge >= 0.3 is 0 Å². The van der Waals surface area contributed by atoms with Gasteiger partial charge in [0.25, 0.3) is 0 Å². The molecule has 3 rings (SSSR count). The summed E-state index contributed by atoms with van der Waals surface area (Å²) < 4.78 is 5.59. The number of nitrogens with one attached hydrogen (secondary N) is 2. The third-order valence-electron chi connectivity index (χ3n) is 4.98. The van der Waals surface area contributed by atoms with Crippen molar-refractivity contribution in [2.24, 2.45) is 4.99 Å². The number of hydrogen-bond donors (Lipinski definition) is 2. The fraction of sp³-hybridized carbons (Fsp3) is 0.579. The highest BCUT2D eigenvalue weighted by Crippen LogP contribution is 2.19. The summed E-state index contributed by atoms with van der Waals surface area (Å²) in [5.74, 6) is 0.726. The van der Waals surface area contributed by atoms with E-state index in [0.29, 0.717) is 25.6 Å². The van der Waals surface area contributed by atoms with Crippen LogP contribution in [0.1, 0.15) is 12.8 Å². The Morgan fingerprint density at radius 2 is 1.96 bits per heavy atom. The van der Waals surface area contributed by atoms with Crippen LogP contribution < -0.4 is 15.5 Å². The molecule has 27 heavy (non-hydrogen) atoms. The molecule has 0 radical (unpaired) electrons. The summed E-state index contributed by atoms with van der Waals surface area (Å²) in [4.78, 5) is 20.8. The van der Waals surface area contributed by atoms with Crippen molar-refractivity contribution in [3.8, 4) is 0 Å². The number of guanidine groups is 1. The maximum absolute atomic E-state index is 12.5. The molecule has 2 aliphatic heterocycles. The van der Waals surface area contributed by atoms with Gasteiger partial charge in [0.2, 0.25) is 5.91 Å². The average molecular weight is 394 g/mol. The lowest BCUT2D eigenvalue weighted by Gasteiger charge is -2.36. The lowest BCUT2D eigenvalue weighted by Crippen LogP contribution is -2.52. The molecule has 0 aliphatic carbocycles. The summed E-state index contributed by atoms with van der Waals surface area (Å²) in [5.41, 5.74) is 1.14. The van der Waals surface area contributed by atoms with Crippen LogP contribution in [0.4, 0.5) is 5.69 Å². The minimum absolute atomic E-state index is 0.0887. The van der Waals surface area contributed by atoms with Gasteiger partial charge in [-0.2, -0.15) is 0 Å². The Labute approximate surface area is 165 Å². The van der Waals surface area contributed by atoms with Crippen LogP contribution in [-0.4, -0.2) is 75.8 Å². The van der Waals surface area contributed by atoms with Gasteiger partial charge in [0.05, 0.1) is 12.6 Å². The molecule has 2 fully saturated rings. The van der Waals surface area contributed by atoms with Crippen LogP contribution in [0.3, 0.4) is 0 Å². The molecule has 0 aromatic heterocycles. The van der Waals surface area contributed by atoms with Crippen LogP contribution in [0.15, 0.2) is 29.3 Å². The molecular formula is C19H28ClN5O2. The standard InChI is InChI=1S/C19H28ClN5O2/c1-21-19(22-13-17-3-2-12-27-17)23-14-18(26)25-10-8-24(9-11-25)16-6-4-15(20)5-7-16/h4-7,17H,2-3,8-14H2,1H3,(H2,21,22,23). The Bertz CT molecular complexity index is 638. The molecule has 2 saturated heterocycles. The molecule has 2 N–H and O–H groups in total. The minimum atomic E-state index is 0.0887. The van der Waals surface area contributed by atoms with E-state index in [9.17, 15) is 4.79 Å². The normalized spacial score (nSPS) is 20.7. The van der Waals surface area contributed by atoms with E-state index in [2.05, 4.69) is 20.5 Å². The van der Waals surface area contributed by atoms with Crippen molar-refractivity contribution in [1.82, 2.24) is 15.5 Å². The third-order valence-corrected chi connectivity index (χ3v) is 5.23. The molecule has 1 aromatic rings. The maximum Gasteiger partial charge on any atom is 0.242 e. The number of nitrogens with zero attached hydrogens (tertiary/aromatic N) is 3. The SMILES string of the molecule is CN=C(NCC(=O)N1CCN(c2ccc(Cl)cc2)CC1)NCC1CCCO1. The highest BCUT2D eigenvalue weighted by Gasteiger charge is 2.21. The largest absolute Gasteiger partial charge is 0.376 e. The van der Waals surface area contributed by atoms with Crippen molar-refractivity contribution < 1.29 is 9.53 Å². The van der Waals surface area contributed by atoms with Crippen molar-refractivity contribution in [2.75, 3.05) is 57.8 Å². The van der Waals surface area contributed by atoms with Gasteiger partial charge in [-0.1, -0.05) is 11.6 Å². The average Bonchev–Trinajstić information content (AvgIpc) is 3.22. The minimum Gasteiger partial charge on any atom is -0.376 e. The zero-order chi connectivity index (χ0) is 19.1. The smallest absolute Gasteiger partial charge is 0.242 e. The number of ether oxygens (including phenoxy) is 1. The summed E-state index contributed by atoms with van der Waals surface area (Å²) in [5, 5.41) is 7.07. The molecule has 1 amide bonds. The highest BCUT2D eigenvalue weighted by atomic mass is 35.5. The van der Waals surface area contributed by atoms with E-state index in [-0.39, 0.29) is 18.6 Å². The number of benzene rings is 1. The maximum atomic E-state index is 12.5. The first kappa shape index (κ1) is 19.8. The molecule has 1 unspecified atom stereocenters. The van der Waals surface area contributed by atoms with Crippen molar-refractivity contribution in [1.29, 1.82) is 0 Å². The van der Waals surface area contributed by atoms with Gasteiger partial charge in [-0.3, -0.25) is 9.79 Å². The summed E-state index contributed by atoms with van der Waals surface area (Å²) in [7, 11) is 1.71. The monoisotopic (exact) mass is 393 g/mol. The van der Waals surface area contributed by atoms with E-state index in [1.165, 1.54) is 0 Å². The Morgan fingerprint density at radius 1 is 1.22 bits per heavy atom. The van der Waals surface area contributed by atoms with Gasteiger partial charge in [0.15, 0.2) is 5.96 Å². The number of aliphatic imine (C=N–C) groups is 1. The van der Waals surface area contributed by atoms with Gasteiger partial charge in [-0.25, -0.2) is 0 Å². The lowest BCUT2D eigenvalue weighted by molar-refractivity contribution is -0.130. The second-order valence-corrected chi connectivity index (χ2v) is 7.22. The van der Waals surface area contributed by atoms with Gasteiger partial charge < -0.3 is 25.2 Å². The van der Waals surface area contributed by atoms with Crippen LogP contribution >= 0.6 is 11.6 Å². The number of piperazine rings is 1. The zero-order valence-corrected chi connectivity index (χ0v) is 16.5. The number of carbonyl (C=O) groups excluding carboxylic acids is 1. The number of rotatable bonds is 5. The summed E-state index contributed by atoms with van der Waals surface area (Å²) in [6.45, 7) is 4.85. The van der Waals surface area contributed by atoms with Gasteiger partial charge in [-0.15, -0.1) is 0 Å². The van der Waals surface area contributed by atoms with Crippen LogP contribution in [0, 0.1) is 0 Å². The van der Waals surface area contributed by atoms with Crippen LogP contribution in [0.2, 0.25) is 5.02 Å². The summed E-state index contributed by atoms with van der Waals surface area (Å²) in [6, 6.07) is 7.83. The number of anilines is 1. The lowest BCUT2D eigenvalue weighted by atomic mass is 10.2. The van der Waals surface area contributed by atoms with Crippen molar-refractivity contribution in [3.05, 3.63) is 29.3 Å². The van der Waals surface area contributed by atoms with Crippen molar-refractivity contribution in [2.45, 2.75) is 18.9 Å². The van der Waals surface area contributed by atoms with E-state index in [4.69, 9.17) is 16.3 Å². The Balaban J connectivity index is 1.39.